The zero-order valence-corrected chi connectivity index (χ0v) is 16.6. The maximum Gasteiger partial charge on any atom is 0.416 e. The Labute approximate surface area is 177 Å². The molecule has 8 heteroatoms. The van der Waals surface area contributed by atoms with E-state index < -0.39 is 11.7 Å². The van der Waals surface area contributed by atoms with Gasteiger partial charge < -0.3 is 9.64 Å². The minimum atomic E-state index is -4.34. The SMILES string of the molecule is O=C1c2cc(CCc3ccc(C(F)(F)F)cc3)ccc2OCCN1Cc1ncccn1. The van der Waals surface area contributed by atoms with Gasteiger partial charge in [-0.05, 0) is 54.3 Å². The number of rotatable bonds is 5. The molecule has 0 spiro atoms. The molecule has 5 nitrogen and oxygen atoms in total. The van der Waals surface area contributed by atoms with Crippen LogP contribution in [0, 0.1) is 0 Å². The van der Waals surface area contributed by atoms with Gasteiger partial charge in [0.1, 0.15) is 18.2 Å². The van der Waals surface area contributed by atoms with Gasteiger partial charge in [0.25, 0.3) is 5.91 Å². The molecule has 0 N–H and O–H groups in total. The van der Waals surface area contributed by atoms with E-state index in [2.05, 4.69) is 9.97 Å². The fraction of sp³-hybridized carbons (Fsp3) is 0.261. The van der Waals surface area contributed by atoms with Gasteiger partial charge in [0.05, 0.1) is 24.2 Å². The quantitative estimate of drug-likeness (QED) is 0.609. The van der Waals surface area contributed by atoms with Crippen LogP contribution in [0.5, 0.6) is 5.75 Å². The Morgan fingerprint density at radius 2 is 1.65 bits per heavy atom. The van der Waals surface area contributed by atoms with E-state index in [0.717, 1.165) is 23.3 Å². The molecule has 1 aromatic heterocycles. The van der Waals surface area contributed by atoms with Crippen LogP contribution in [0.1, 0.15) is 32.9 Å². The van der Waals surface area contributed by atoms with Gasteiger partial charge in [-0.2, -0.15) is 13.2 Å². The summed E-state index contributed by atoms with van der Waals surface area (Å²) < 4.78 is 43.9. The molecule has 0 saturated carbocycles. The second-order valence-corrected chi connectivity index (χ2v) is 7.27. The summed E-state index contributed by atoms with van der Waals surface area (Å²) in [6, 6.07) is 12.3. The number of aryl methyl sites for hydroxylation is 2. The Balaban J connectivity index is 1.47. The van der Waals surface area contributed by atoms with E-state index in [4.69, 9.17) is 4.74 Å². The van der Waals surface area contributed by atoms with Crippen molar-refractivity contribution in [2.24, 2.45) is 0 Å². The van der Waals surface area contributed by atoms with Crippen LogP contribution in [0.2, 0.25) is 0 Å². The van der Waals surface area contributed by atoms with E-state index in [-0.39, 0.29) is 12.5 Å². The number of amides is 1. The fourth-order valence-corrected chi connectivity index (χ4v) is 3.45. The number of nitrogens with zero attached hydrogens (tertiary/aromatic N) is 3. The molecule has 0 fully saturated rings. The van der Waals surface area contributed by atoms with E-state index in [1.165, 1.54) is 12.1 Å². The number of fused-ring (bicyclic) bond motifs is 1. The van der Waals surface area contributed by atoms with E-state index in [1.54, 1.807) is 35.5 Å². The van der Waals surface area contributed by atoms with Crippen LogP contribution in [0.3, 0.4) is 0 Å². The molecule has 2 aromatic carbocycles. The third kappa shape index (κ3) is 5.02. The zero-order valence-electron chi connectivity index (χ0n) is 16.6. The summed E-state index contributed by atoms with van der Waals surface area (Å²) in [5.74, 6) is 0.925. The van der Waals surface area contributed by atoms with Crippen molar-refractivity contribution in [3.8, 4) is 5.75 Å². The molecule has 2 heterocycles. The van der Waals surface area contributed by atoms with Gasteiger partial charge in [-0.3, -0.25) is 4.79 Å². The molecule has 0 radical (unpaired) electrons. The number of carbonyl (C=O) groups is 1. The predicted molar refractivity (Wildman–Crippen MR) is 108 cm³/mol. The van der Waals surface area contributed by atoms with Gasteiger partial charge in [-0.25, -0.2) is 9.97 Å². The smallest absolute Gasteiger partial charge is 0.416 e. The van der Waals surface area contributed by atoms with Gasteiger partial charge in [0, 0.05) is 12.4 Å². The van der Waals surface area contributed by atoms with Gasteiger partial charge in [0.2, 0.25) is 0 Å². The lowest BCUT2D eigenvalue weighted by Crippen LogP contribution is -2.32. The van der Waals surface area contributed by atoms with Crippen molar-refractivity contribution in [3.63, 3.8) is 0 Å². The molecule has 0 aliphatic carbocycles. The van der Waals surface area contributed by atoms with Gasteiger partial charge in [-0.1, -0.05) is 18.2 Å². The first-order valence-electron chi connectivity index (χ1n) is 9.87. The molecular weight excluding hydrogens is 407 g/mol. The second-order valence-electron chi connectivity index (χ2n) is 7.27. The molecule has 1 aliphatic rings. The van der Waals surface area contributed by atoms with Crippen molar-refractivity contribution in [3.05, 3.63) is 89.0 Å². The average molecular weight is 427 g/mol. The highest BCUT2D eigenvalue weighted by molar-refractivity contribution is 5.97. The maximum absolute atomic E-state index is 13.1. The van der Waals surface area contributed by atoms with Crippen molar-refractivity contribution in [1.29, 1.82) is 0 Å². The summed E-state index contributed by atoms with van der Waals surface area (Å²) in [4.78, 5) is 23.1. The normalized spacial score (nSPS) is 14.0. The molecule has 31 heavy (non-hydrogen) atoms. The first-order valence-corrected chi connectivity index (χ1v) is 9.87. The maximum atomic E-state index is 13.1. The molecule has 0 atom stereocenters. The Morgan fingerprint density at radius 3 is 2.35 bits per heavy atom. The number of alkyl halides is 3. The standard InChI is InChI=1S/C23H20F3N3O2/c24-23(25,26)18-7-4-16(5-8-18)2-3-17-6-9-20-19(14-17)22(30)29(12-13-31-20)15-21-27-10-1-11-28-21/h1,4-11,14H,2-3,12-13,15H2. The Morgan fingerprint density at radius 1 is 0.968 bits per heavy atom. The van der Waals surface area contributed by atoms with E-state index in [0.29, 0.717) is 43.1 Å². The summed E-state index contributed by atoms with van der Waals surface area (Å²) in [7, 11) is 0. The molecule has 0 saturated heterocycles. The van der Waals surface area contributed by atoms with Crippen molar-refractivity contribution in [2.45, 2.75) is 25.6 Å². The zero-order chi connectivity index (χ0) is 21.8. The van der Waals surface area contributed by atoms with Gasteiger partial charge in [0.15, 0.2) is 0 Å². The Kier molecular flexibility index (Phi) is 5.88. The highest BCUT2D eigenvalue weighted by atomic mass is 19.4. The monoisotopic (exact) mass is 427 g/mol. The molecular formula is C23H20F3N3O2. The summed E-state index contributed by atoms with van der Waals surface area (Å²) in [6.45, 7) is 1.08. The lowest BCUT2D eigenvalue weighted by molar-refractivity contribution is -0.137. The van der Waals surface area contributed by atoms with Crippen LogP contribution in [0.4, 0.5) is 13.2 Å². The minimum Gasteiger partial charge on any atom is -0.491 e. The van der Waals surface area contributed by atoms with E-state index in [9.17, 15) is 18.0 Å². The number of carbonyl (C=O) groups excluding carboxylic acids is 1. The summed E-state index contributed by atoms with van der Waals surface area (Å²) in [5.41, 5.74) is 1.52. The fourth-order valence-electron chi connectivity index (χ4n) is 3.45. The summed E-state index contributed by atoms with van der Waals surface area (Å²) >= 11 is 0. The summed E-state index contributed by atoms with van der Waals surface area (Å²) in [6.07, 6.45) is 0.0800. The van der Waals surface area contributed by atoms with Gasteiger partial charge in [-0.15, -0.1) is 0 Å². The van der Waals surface area contributed by atoms with Crippen LogP contribution >= 0.6 is 0 Å². The molecule has 0 bridgehead atoms. The average Bonchev–Trinajstić information content (AvgIpc) is 2.91. The molecule has 0 unspecified atom stereocenters. The Hall–Kier alpha value is -3.42. The van der Waals surface area contributed by atoms with Gasteiger partial charge >= 0.3 is 6.18 Å². The number of hydrogen-bond donors (Lipinski definition) is 0. The highest BCUT2D eigenvalue weighted by Gasteiger charge is 2.30. The number of ether oxygens (including phenoxy) is 1. The van der Waals surface area contributed by atoms with Crippen LogP contribution in [0.25, 0.3) is 0 Å². The van der Waals surface area contributed by atoms with Crippen molar-refractivity contribution >= 4 is 5.91 Å². The number of hydrogen-bond acceptors (Lipinski definition) is 4. The number of aromatic nitrogens is 2. The first kappa shape index (κ1) is 20.8. The first-order chi connectivity index (χ1) is 14.9. The highest BCUT2D eigenvalue weighted by Crippen LogP contribution is 2.29. The van der Waals surface area contributed by atoms with E-state index >= 15 is 0 Å². The van der Waals surface area contributed by atoms with Crippen LogP contribution < -0.4 is 4.74 Å². The van der Waals surface area contributed by atoms with Crippen LogP contribution in [0.15, 0.2) is 60.9 Å². The van der Waals surface area contributed by atoms with E-state index in [1.807, 2.05) is 6.07 Å². The molecule has 1 amide bonds. The number of halogens is 3. The molecule has 4 rings (SSSR count). The molecule has 160 valence electrons. The predicted octanol–water partition coefficient (Wildman–Crippen LogP) is 4.32. The second kappa shape index (κ2) is 8.75. The largest absolute Gasteiger partial charge is 0.491 e. The van der Waals surface area contributed by atoms with Crippen molar-refractivity contribution in [1.82, 2.24) is 14.9 Å². The molecule has 3 aromatic rings. The molecule has 1 aliphatic heterocycles. The number of benzene rings is 2. The summed E-state index contributed by atoms with van der Waals surface area (Å²) in [5, 5.41) is 0. The van der Waals surface area contributed by atoms with Crippen LogP contribution in [-0.4, -0.2) is 33.9 Å². The van der Waals surface area contributed by atoms with Crippen molar-refractivity contribution in [2.75, 3.05) is 13.2 Å². The Bertz CT molecular complexity index is 1050. The minimum absolute atomic E-state index is 0.156. The lowest BCUT2D eigenvalue weighted by Gasteiger charge is -2.19. The third-order valence-corrected chi connectivity index (χ3v) is 5.12. The van der Waals surface area contributed by atoms with Crippen molar-refractivity contribution < 1.29 is 22.7 Å². The lowest BCUT2D eigenvalue weighted by atomic mass is 10.0. The van der Waals surface area contributed by atoms with Crippen LogP contribution in [-0.2, 0) is 25.6 Å². The third-order valence-electron chi connectivity index (χ3n) is 5.12. The topological polar surface area (TPSA) is 55.3 Å².